The molecule has 0 saturated carbocycles. The van der Waals surface area contributed by atoms with Gasteiger partial charge < -0.3 is 14.8 Å². The number of hydrogen-bond acceptors (Lipinski definition) is 3. The first-order valence-electron chi connectivity index (χ1n) is 7.46. The average Bonchev–Trinajstić information content (AvgIpc) is 2.99. The summed E-state index contributed by atoms with van der Waals surface area (Å²) >= 11 is 0. The summed E-state index contributed by atoms with van der Waals surface area (Å²) in [5.41, 5.74) is 2.99. The number of carbonyl (C=O) groups excluding carboxylic acids is 1. The van der Waals surface area contributed by atoms with Crippen LogP contribution < -0.4 is 14.8 Å². The van der Waals surface area contributed by atoms with Gasteiger partial charge in [0, 0.05) is 12.1 Å². The van der Waals surface area contributed by atoms with Crippen LogP contribution in [-0.2, 0) is 6.42 Å². The first kappa shape index (κ1) is 14.4. The highest BCUT2D eigenvalue weighted by Crippen LogP contribution is 2.32. The topological polar surface area (TPSA) is 47.6 Å². The van der Waals surface area contributed by atoms with E-state index in [0.717, 1.165) is 29.9 Å². The van der Waals surface area contributed by atoms with Gasteiger partial charge in [-0.1, -0.05) is 23.8 Å². The SMILES string of the molecule is Cc1cccc(C(=O)NCCCc2ccc3c(c2)OCO3)c1. The molecule has 1 N–H and O–H groups in total. The van der Waals surface area contributed by atoms with Gasteiger partial charge in [-0.05, 0) is 49.6 Å². The lowest BCUT2D eigenvalue weighted by Crippen LogP contribution is -2.24. The Kier molecular flexibility index (Phi) is 4.28. The Balaban J connectivity index is 1.46. The summed E-state index contributed by atoms with van der Waals surface area (Å²) in [7, 11) is 0. The monoisotopic (exact) mass is 297 g/mol. The zero-order chi connectivity index (χ0) is 15.4. The molecule has 0 fully saturated rings. The minimum Gasteiger partial charge on any atom is -0.454 e. The molecule has 0 atom stereocenters. The van der Waals surface area contributed by atoms with Crippen molar-refractivity contribution in [2.45, 2.75) is 19.8 Å². The van der Waals surface area contributed by atoms with Crippen molar-refractivity contribution < 1.29 is 14.3 Å². The van der Waals surface area contributed by atoms with Crippen LogP contribution in [0.5, 0.6) is 11.5 Å². The number of carbonyl (C=O) groups is 1. The van der Waals surface area contributed by atoms with E-state index >= 15 is 0 Å². The molecule has 2 aromatic rings. The third kappa shape index (κ3) is 3.39. The summed E-state index contributed by atoms with van der Waals surface area (Å²) in [6, 6.07) is 13.6. The second-order valence-corrected chi connectivity index (χ2v) is 5.42. The van der Waals surface area contributed by atoms with E-state index in [0.29, 0.717) is 18.9 Å². The predicted octanol–water partition coefficient (Wildman–Crippen LogP) is 3.09. The molecule has 3 rings (SSSR count). The zero-order valence-electron chi connectivity index (χ0n) is 12.6. The largest absolute Gasteiger partial charge is 0.454 e. The fourth-order valence-corrected chi connectivity index (χ4v) is 2.48. The van der Waals surface area contributed by atoms with Gasteiger partial charge in [-0.2, -0.15) is 0 Å². The molecule has 0 bridgehead atoms. The lowest BCUT2D eigenvalue weighted by atomic mass is 10.1. The van der Waals surface area contributed by atoms with Crippen molar-refractivity contribution in [3.05, 3.63) is 59.2 Å². The normalized spacial score (nSPS) is 12.2. The van der Waals surface area contributed by atoms with E-state index in [1.165, 1.54) is 5.56 Å². The van der Waals surface area contributed by atoms with Gasteiger partial charge in [-0.15, -0.1) is 0 Å². The number of nitrogens with one attached hydrogen (secondary N) is 1. The van der Waals surface area contributed by atoms with Crippen molar-refractivity contribution in [3.63, 3.8) is 0 Å². The minimum atomic E-state index is -0.0191. The molecular weight excluding hydrogens is 278 g/mol. The van der Waals surface area contributed by atoms with Crippen LogP contribution in [0.2, 0.25) is 0 Å². The number of aryl methyl sites for hydroxylation is 2. The second-order valence-electron chi connectivity index (χ2n) is 5.42. The molecule has 2 aromatic carbocycles. The van der Waals surface area contributed by atoms with E-state index in [2.05, 4.69) is 5.32 Å². The van der Waals surface area contributed by atoms with E-state index in [1.807, 2.05) is 49.4 Å². The fourth-order valence-electron chi connectivity index (χ4n) is 2.48. The van der Waals surface area contributed by atoms with Crippen LogP contribution in [0.25, 0.3) is 0 Å². The van der Waals surface area contributed by atoms with Crippen LogP contribution in [0.3, 0.4) is 0 Å². The summed E-state index contributed by atoms with van der Waals surface area (Å²) in [5.74, 6) is 1.59. The summed E-state index contributed by atoms with van der Waals surface area (Å²) in [5, 5.41) is 2.95. The first-order chi connectivity index (χ1) is 10.7. The van der Waals surface area contributed by atoms with Gasteiger partial charge in [0.1, 0.15) is 0 Å². The molecule has 1 aliphatic rings. The number of hydrogen-bond donors (Lipinski definition) is 1. The van der Waals surface area contributed by atoms with Crippen molar-refractivity contribution in [2.75, 3.05) is 13.3 Å². The highest BCUT2D eigenvalue weighted by atomic mass is 16.7. The van der Waals surface area contributed by atoms with Crippen LogP contribution in [0, 0.1) is 6.92 Å². The molecular formula is C18H19NO3. The fraction of sp³-hybridized carbons (Fsp3) is 0.278. The molecule has 1 aliphatic heterocycles. The van der Waals surface area contributed by atoms with E-state index in [4.69, 9.17) is 9.47 Å². The van der Waals surface area contributed by atoms with E-state index in [-0.39, 0.29) is 5.91 Å². The van der Waals surface area contributed by atoms with Gasteiger partial charge >= 0.3 is 0 Å². The summed E-state index contributed by atoms with van der Waals surface area (Å²) in [6.45, 7) is 2.93. The number of fused-ring (bicyclic) bond motifs is 1. The summed E-state index contributed by atoms with van der Waals surface area (Å²) in [6.07, 6.45) is 1.78. The molecule has 114 valence electrons. The van der Waals surface area contributed by atoms with Gasteiger partial charge in [0.05, 0.1) is 0 Å². The number of rotatable bonds is 5. The van der Waals surface area contributed by atoms with Crippen LogP contribution >= 0.6 is 0 Å². The van der Waals surface area contributed by atoms with Gasteiger partial charge in [0.2, 0.25) is 6.79 Å². The van der Waals surface area contributed by atoms with Crippen molar-refractivity contribution in [3.8, 4) is 11.5 Å². The number of benzene rings is 2. The smallest absolute Gasteiger partial charge is 0.251 e. The lowest BCUT2D eigenvalue weighted by Gasteiger charge is -2.06. The molecule has 0 aliphatic carbocycles. The maximum atomic E-state index is 12.0. The zero-order valence-corrected chi connectivity index (χ0v) is 12.6. The maximum absolute atomic E-state index is 12.0. The number of amides is 1. The van der Waals surface area contributed by atoms with Gasteiger partial charge in [-0.25, -0.2) is 0 Å². The van der Waals surface area contributed by atoms with Crippen molar-refractivity contribution >= 4 is 5.91 Å². The van der Waals surface area contributed by atoms with Gasteiger partial charge in [0.15, 0.2) is 11.5 Å². The van der Waals surface area contributed by atoms with Crippen molar-refractivity contribution in [2.24, 2.45) is 0 Å². The van der Waals surface area contributed by atoms with Crippen molar-refractivity contribution in [1.82, 2.24) is 5.32 Å². The van der Waals surface area contributed by atoms with E-state index < -0.39 is 0 Å². The third-order valence-corrected chi connectivity index (χ3v) is 3.65. The Morgan fingerprint density at radius 3 is 2.86 bits per heavy atom. The molecule has 1 heterocycles. The Morgan fingerprint density at radius 2 is 2.00 bits per heavy atom. The Bertz CT molecular complexity index is 682. The van der Waals surface area contributed by atoms with Crippen LogP contribution in [0.4, 0.5) is 0 Å². The average molecular weight is 297 g/mol. The Labute approximate surface area is 130 Å². The minimum absolute atomic E-state index is 0.0191. The molecule has 0 saturated heterocycles. The molecule has 0 radical (unpaired) electrons. The quantitative estimate of drug-likeness (QED) is 0.863. The highest BCUT2D eigenvalue weighted by Gasteiger charge is 2.13. The third-order valence-electron chi connectivity index (χ3n) is 3.65. The maximum Gasteiger partial charge on any atom is 0.251 e. The highest BCUT2D eigenvalue weighted by molar-refractivity contribution is 5.94. The molecule has 0 unspecified atom stereocenters. The standard InChI is InChI=1S/C18H19NO3/c1-13-4-2-6-15(10-13)18(20)19-9-3-5-14-7-8-16-17(11-14)22-12-21-16/h2,4,6-8,10-11H,3,5,9,12H2,1H3,(H,19,20). The lowest BCUT2D eigenvalue weighted by molar-refractivity contribution is 0.0953. The van der Waals surface area contributed by atoms with Crippen LogP contribution in [-0.4, -0.2) is 19.2 Å². The summed E-state index contributed by atoms with van der Waals surface area (Å²) in [4.78, 5) is 12.0. The first-order valence-corrected chi connectivity index (χ1v) is 7.46. The predicted molar refractivity (Wildman–Crippen MR) is 84.4 cm³/mol. The number of ether oxygens (including phenoxy) is 2. The van der Waals surface area contributed by atoms with E-state index in [1.54, 1.807) is 0 Å². The molecule has 4 nitrogen and oxygen atoms in total. The van der Waals surface area contributed by atoms with Crippen LogP contribution in [0.1, 0.15) is 27.9 Å². The summed E-state index contributed by atoms with van der Waals surface area (Å²) < 4.78 is 10.7. The van der Waals surface area contributed by atoms with Crippen LogP contribution in [0.15, 0.2) is 42.5 Å². The van der Waals surface area contributed by atoms with Gasteiger partial charge in [-0.3, -0.25) is 4.79 Å². The Hall–Kier alpha value is -2.49. The molecule has 0 spiro atoms. The van der Waals surface area contributed by atoms with Crippen molar-refractivity contribution in [1.29, 1.82) is 0 Å². The van der Waals surface area contributed by atoms with Gasteiger partial charge in [0.25, 0.3) is 5.91 Å². The second kappa shape index (κ2) is 6.52. The molecule has 4 heteroatoms. The molecule has 0 aromatic heterocycles. The molecule has 22 heavy (non-hydrogen) atoms. The Morgan fingerprint density at radius 1 is 1.14 bits per heavy atom. The molecule has 1 amide bonds. The van der Waals surface area contributed by atoms with E-state index in [9.17, 15) is 4.79 Å².